The molecule has 0 unspecified atom stereocenters. The molecule has 16 heavy (non-hydrogen) atoms. The molecule has 0 atom stereocenters. The summed E-state index contributed by atoms with van der Waals surface area (Å²) in [6.07, 6.45) is -5.24. The molecule has 0 aliphatic rings. The maximum Gasteiger partial charge on any atom is 0.390 e. The van der Waals surface area contributed by atoms with Crippen LogP contribution in [0, 0.1) is 11.6 Å². The molecule has 1 N–H and O–H groups in total. The second-order valence-electron chi connectivity index (χ2n) is 3.25. The van der Waals surface area contributed by atoms with Gasteiger partial charge in [0.1, 0.15) is 0 Å². The van der Waals surface area contributed by atoms with Crippen molar-refractivity contribution in [2.24, 2.45) is 0 Å². The molecular weight excluding hydrogens is 229 g/mol. The lowest BCUT2D eigenvalue weighted by molar-refractivity contribution is -0.133. The van der Waals surface area contributed by atoms with Crippen molar-refractivity contribution in [1.29, 1.82) is 0 Å². The highest BCUT2D eigenvalue weighted by molar-refractivity contribution is 5.18. The minimum atomic E-state index is -4.24. The van der Waals surface area contributed by atoms with E-state index < -0.39 is 24.2 Å². The lowest BCUT2D eigenvalue weighted by atomic mass is 10.2. The van der Waals surface area contributed by atoms with Gasteiger partial charge in [-0.1, -0.05) is 12.1 Å². The third-order valence-corrected chi connectivity index (χ3v) is 1.93. The van der Waals surface area contributed by atoms with Gasteiger partial charge in [0, 0.05) is 18.7 Å². The summed E-state index contributed by atoms with van der Waals surface area (Å²) in [7, 11) is 0. The molecule has 0 amide bonds. The number of rotatable bonds is 4. The monoisotopic (exact) mass is 239 g/mol. The Labute approximate surface area is 89.3 Å². The van der Waals surface area contributed by atoms with Gasteiger partial charge in [0.2, 0.25) is 0 Å². The molecule has 1 aromatic carbocycles. The highest BCUT2D eigenvalue weighted by Crippen LogP contribution is 2.18. The zero-order valence-electron chi connectivity index (χ0n) is 8.24. The Morgan fingerprint density at radius 1 is 1.12 bits per heavy atom. The Balaban J connectivity index is 2.41. The molecule has 0 aliphatic heterocycles. The van der Waals surface area contributed by atoms with Crippen molar-refractivity contribution < 1.29 is 22.0 Å². The second kappa shape index (κ2) is 5.25. The van der Waals surface area contributed by atoms with Crippen molar-refractivity contribution in [2.45, 2.75) is 19.1 Å². The first-order chi connectivity index (χ1) is 7.40. The molecule has 0 heterocycles. The number of hydrogen-bond donors (Lipinski definition) is 1. The van der Waals surface area contributed by atoms with Crippen molar-refractivity contribution in [3.05, 3.63) is 35.4 Å². The number of halogens is 5. The normalized spacial score (nSPS) is 11.8. The van der Waals surface area contributed by atoms with E-state index in [1.807, 2.05) is 0 Å². The van der Waals surface area contributed by atoms with E-state index in [0.717, 1.165) is 6.07 Å². The first-order valence-corrected chi connectivity index (χ1v) is 4.60. The number of hydrogen-bond acceptors (Lipinski definition) is 1. The number of nitrogens with one attached hydrogen (secondary N) is 1. The molecule has 0 saturated heterocycles. The molecule has 6 heteroatoms. The predicted octanol–water partition coefficient (Wildman–Crippen LogP) is 3.01. The van der Waals surface area contributed by atoms with Gasteiger partial charge in [-0.2, -0.15) is 13.2 Å². The summed E-state index contributed by atoms with van der Waals surface area (Å²) in [6.45, 7) is -0.445. The standard InChI is InChI=1S/C10H10F5N/c11-8-3-1-2-7(9(8)12)6-16-5-4-10(13,14)15/h1-3,16H,4-6H2. The summed E-state index contributed by atoms with van der Waals surface area (Å²) in [6, 6.07) is 3.58. The Morgan fingerprint density at radius 2 is 1.81 bits per heavy atom. The molecule has 1 nitrogen and oxygen atoms in total. The van der Waals surface area contributed by atoms with Crippen LogP contribution < -0.4 is 5.32 Å². The van der Waals surface area contributed by atoms with Crippen LogP contribution in [-0.4, -0.2) is 12.7 Å². The van der Waals surface area contributed by atoms with Crippen LogP contribution in [-0.2, 0) is 6.54 Å². The van der Waals surface area contributed by atoms with Crippen LogP contribution in [0.25, 0.3) is 0 Å². The zero-order chi connectivity index (χ0) is 12.2. The number of benzene rings is 1. The lowest BCUT2D eigenvalue weighted by Gasteiger charge is -2.08. The summed E-state index contributed by atoms with van der Waals surface area (Å²) in [5, 5.41) is 2.40. The van der Waals surface area contributed by atoms with Gasteiger partial charge in [-0.25, -0.2) is 8.78 Å². The predicted molar refractivity (Wildman–Crippen MR) is 48.7 cm³/mol. The highest BCUT2D eigenvalue weighted by Gasteiger charge is 2.25. The quantitative estimate of drug-likeness (QED) is 0.629. The second-order valence-corrected chi connectivity index (χ2v) is 3.25. The van der Waals surface area contributed by atoms with Gasteiger partial charge in [-0.05, 0) is 6.07 Å². The van der Waals surface area contributed by atoms with Gasteiger partial charge in [0.05, 0.1) is 6.42 Å². The Hall–Kier alpha value is -1.17. The Morgan fingerprint density at radius 3 is 2.44 bits per heavy atom. The lowest BCUT2D eigenvalue weighted by Crippen LogP contribution is -2.21. The fourth-order valence-corrected chi connectivity index (χ4v) is 1.14. The molecule has 90 valence electrons. The fourth-order valence-electron chi connectivity index (χ4n) is 1.14. The van der Waals surface area contributed by atoms with Gasteiger partial charge in [-0.3, -0.25) is 0 Å². The third kappa shape index (κ3) is 4.14. The van der Waals surface area contributed by atoms with E-state index in [0.29, 0.717) is 0 Å². The summed E-state index contributed by atoms with van der Waals surface area (Å²) in [5.41, 5.74) is 0.0159. The van der Waals surface area contributed by atoms with Crippen molar-refractivity contribution in [3.8, 4) is 0 Å². The van der Waals surface area contributed by atoms with Crippen molar-refractivity contribution >= 4 is 0 Å². The average molecular weight is 239 g/mol. The van der Waals surface area contributed by atoms with E-state index in [2.05, 4.69) is 5.32 Å². The van der Waals surface area contributed by atoms with E-state index in [1.165, 1.54) is 12.1 Å². The van der Waals surface area contributed by atoms with E-state index in [4.69, 9.17) is 0 Å². The van der Waals surface area contributed by atoms with Gasteiger partial charge in [0.25, 0.3) is 0 Å². The Bertz CT molecular complexity index is 348. The minimum Gasteiger partial charge on any atom is -0.312 e. The summed E-state index contributed by atoms with van der Waals surface area (Å²) >= 11 is 0. The first-order valence-electron chi connectivity index (χ1n) is 4.60. The van der Waals surface area contributed by atoms with Crippen LogP contribution in [0.1, 0.15) is 12.0 Å². The molecular formula is C10H10F5N. The van der Waals surface area contributed by atoms with E-state index in [9.17, 15) is 22.0 Å². The summed E-state index contributed by atoms with van der Waals surface area (Å²) in [4.78, 5) is 0. The van der Waals surface area contributed by atoms with E-state index in [1.54, 1.807) is 0 Å². The molecule has 1 aromatic rings. The van der Waals surface area contributed by atoms with Gasteiger partial charge in [0.15, 0.2) is 11.6 Å². The maximum absolute atomic E-state index is 13.0. The maximum atomic E-state index is 13.0. The van der Waals surface area contributed by atoms with Crippen LogP contribution in [0.3, 0.4) is 0 Å². The third-order valence-electron chi connectivity index (χ3n) is 1.93. The van der Waals surface area contributed by atoms with E-state index >= 15 is 0 Å². The van der Waals surface area contributed by atoms with Crippen molar-refractivity contribution in [1.82, 2.24) is 5.32 Å². The van der Waals surface area contributed by atoms with E-state index in [-0.39, 0.29) is 18.7 Å². The SMILES string of the molecule is Fc1cccc(CNCCC(F)(F)F)c1F. The molecule has 0 aromatic heterocycles. The fraction of sp³-hybridized carbons (Fsp3) is 0.400. The zero-order valence-corrected chi connectivity index (χ0v) is 8.24. The first kappa shape index (κ1) is 12.9. The largest absolute Gasteiger partial charge is 0.390 e. The average Bonchev–Trinajstić information content (AvgIpc) is 2.17. The smallest absolute Gasteiger partial charge is 0.312 e. The van der Waals surface area contributed by atoms with Crippen molar-refractivity contribution in [2.75, 3.05) is 6.54 Å². The van der Waals surface area contributed by atoms with Crippen LogP contribution in [0.4, 0.5) is 22.0 Å². The molecule has 0 radical (unpaired) electrons. The topological polar surface area (TPSA) is 12.0 Å². The van der Waals surface area contributed by atoms with Crippen LogP contribution >= 0.6 is 0 Å². The molecule has 0 spiro atoms. The van der Waals surface area contributed by atoms with Crippen LogP contribution in [0.5, 0.6) is 0 Å². The summed E-state index contributed by atoms with van der Waals surface area (Å²) < 4.78 is 61.0. The molecule has 0 bridgehead atoms. The van der Waals surface area contributed by atoms with Crippen LogP contribution in [0.2, 0.25) is 0 Å². The highest BCUT2D eigenvalue weighted by atomic mass is 19.4. The Kier molecular flexibility index (Phi) is 4.23. The molecule has 0 fully saturated rings. The molecule has 0 aliphatic carbocycles. The van der Waals surface area contributed by atoms with Crippen molar-refractivity contribution in [3.63, 3.8) is 0 Å². The van der Waals surface area contributed by atoms with Crippen LogP contribution in [0.15, 0.2) is 18.2 Å². The van der Waals surface area contributed by atoms with Gasteiger partial charge < -0.3 is 5.32 Å². The minimum absolute atomic E-state index is 0.0159. The van der Waals surface area contributed by atoms with Gasteiger partial charge in [-0.15, -0.1) is 0 Å². The summed E-state index contributed by atoms with van der Waals surface area (Å²) in [5.74, 6) is -2.03. The van der Waals surface area contributed by atoms with Gasteiger partial charge >= 0.3 is 6.18 Å². The number of alkyl halides is 3. The molecule has 1 rings (SSSR count). The molecule has 0 saturated carbocycles.